The summed E-state index contributed by atoms with van der Waals surface area (Å²) in [7, 11) is 3.53. The Labute approximate surface area is 181 Å². The Kier molecular flexibility index (Phi) is 12.3. The van der Waals surface area contributed by atoms with Crippen LogP contribution in [0.2, 0.25) is 0 Å². The van der Waals surface area contributed by atoms with Crippen molar-refractivity contribution in [3.05, 3.63) is 0 Å². The summed E-state index contributed by atoms with van der Waals surface area (Å²) in [6.07, 6.45) is 7.08. The number of unbranched alkanes of at least 4 members (excludes halogenated alkanes) is 1. The summed E-state index contributed by atoms with van der Waals surface area (Å²) < 4.78 is 11.7. The molecule has 7 nitrogen and oxygen atoms in total. The van der Waals surface area contributed by atoms with Crippen molar-refractivity contribution in [3.8, 4) is 0 Å². The third-order valence-corrected chi connectivity index (χ3v) is 4.96. The van der Waals surface area contributed by atoms with Crippen LogP contribution in [-0.4, -0.2) is 87.4 Å². The Bertz CT molecular complexity index is 448. The van der Waals surface area contributed by atoms with E-state index < -0.39 is 0 Å². The summed E-state index contributed by atoms with van der Waals surface area (Å²) in [6.45, 7) is 6.66. The lowest BCUT2D eigenvalue weighted by molar-refractivity contribution is -0.127. The van der Waals surface area contributed by atoms with E-state index in [-0.39, 0.29) is 42.5 Å². The van der Waals surface area contributed by atoms with E-state index in [0.29, 0.717) is 6.10 Å². The molecule has 1 atom stereocenters. The van der Waals surface area contributed by atoms with E-state index in [1.54, 1.807) is 19.0 Å². The first-order valence-electron chi connectivity index (χ1n) is 10.1. The maximum Gasteiger partial charge on any atom is 0.243 e. The quantitative estimate of drug-likeness (QED) is 0.241. The molecule has 27 heavy (non-hydrogen) atoms. The normalized spacial score (nSPS) is 21.1. The Balaban J connectivity index is 0.00000364. The van der Waals surface area contributed by atoms with Crippen molar-refractivity contribution >= 4 is 35.8 Å². The van der Waals surface area contributed by atoms with Gasteiger partial charge in [0, 0.05) is 40.3 Å². The lowest BCUT2D eigenvalue weighted by Crippen LogP contribution is -2.47. The molecule has 1 unspecified atom stereocenters. The highest BCUT2D eigenvalue weighted by molar-refractivity contribution is 14.0. The topological polar surface area (TPSA) is 66.4 Å². The van der Waals surface area contributed by atoms with Crippen molar-refractivity contribution < 1.29 is 14.3 Å². The van der Waals surface area contributed by atoms with Gasteiger partial charge in [-0.1, -0.05) is 13.3 Å². The van der Waals surface area contributed by atoms with Gasteiger partial charge in [-0.15, -0.1) is 24.0 Å². The molecule has 2 aliphatic heterocycles. The summed E-state index contributed by atoms with van der Waals surface area (Å²) in [5.41, 5.74) is 0. The van der Waals surface area contributed by atoms with Crippen molar-refractivity contribution in [1.29, 1.82) is 0 Å². The Morgan fingerprint density at radius 2 is 2.04 bits per heavy atom. The fourth-order valence-corrected chi connectivity index (χ4v) is 3.18. The van der Waals surface area contributed by atoms with Crippen LogP contribution in [0, 0.1) is 0 Å². The molecule has 0 radical (unpaired) electrons. The third-order valence-electron chi connectivity index (χ3n) is 4.96. The number of likely N-dealkylation sites (N-methyl/N-ethyl adjacent to an activating group) is 1. The van der Waals surface area contributed by atoms with Gasteiger partial charge in [-0.3, -0.25) is 4.79 Å². The monoisotopic (exact) mass is 496 g/mol. The number of ether oxygens (including phenoxy) is 2. The highest BCUT2D eigenvalue weighted by Gasteiger charge is 2.24. The molecule has 158 valence electrons. The van der Waals surface area contributed by atoms with Crippen LogP contribution in [-0.2, 0) is 14.3 Å². The number of nitrogens with zero attached hydrogens (tertiary/aromatic N) is 3. The number of amides is 1. The second kappa shape index (κ2) is 13.5. The van der Waals surface area contributed by atoms with Gasteiger partial charge in [0.2, 0.25) is 5.91 Å². The lowest BCUT2D eigenvalue weighted by atomic mass is 10.1. The standard InChI is InChI=1S/C19H36N4O3.HI/c1-4-5-10-20-19(21-14-18(24)22(2)3)23-11-8-16(9-12-23)26-15-17-7-6-13-25-17;/h16-17H,4-15H2,1-3H3,(H,20,21);1H. The van der Waals surface area contributed by atoms with E-state index in [9.17, 15) is 4.79 Å². The first kappa shape index (κ1) is 24.4. The highest BCUT2D eigenvalue weighted by atomic mass is 127. The number of hydrogen-bond acceptors (Lipinski definition) is 4. The minimum absolute atomic E-state index is 0. The van der Waals surface area contributed by atoms with Crippen molar-refractivity contribution in [3.63, 3.8) is 0 Å². The van der Waals surface area contributed by atoms with Gasteiger partial charge >= 0.3 is 0 Å². The average molecular weight is 496 g/mol. The predicted octanol–water partition coefficient (Wildman–Crippen LogP) is 2.10. The summed E-state index contributed by atoms with van der Waals surface area (Å²) in [6, 6.07) is 0. The van der Waals surface area contributed by atoms with Crippen LogP contribution in [0.5, 0.6) is 0 Å². The molecule has 1 amide bonds. The van der Waals surface area contributed by atoms with E-state index >= 15 is 0 Å². The second-order valence-electron chi connectivity index (χ2n) is 7.36. The largest absolute Gasteiger partial charge is 0.376 e. The maximum atomic E-state index is 11.9. The number of piperidine rings is 1. The van der Waals surface area contributed by atoms with Crippen molar-refractivity contribution in [2.75, 3.05) is 53.5 Å². The van der Waals surface area contributed by atoms with Crippen molar-refractivity contribution in [2.45, 2.75) is 57.7 Å². The first-order chi connectivity index (χ1) is 12.6. The molecule has 8 heteroatoms. The molecule has 0 saturated carbocycles. The van der Waals surface area contributed by atoms with Gasteiger partial charge in [-0.2, -0.15) is 0 Å². The van der Waals surface area contributed by atoms with E-state index in [2.05, 4.69) is 22.1 Å². The number of rotatable bonds is 8. The van der Waals surface area contributed by atoms with Gasteiger partial charge in [-0.05, 0) is 32.1 Å². The zero-order chi connectivity index (χ0) is 18.8. The fourth-order valence-electron chi connectivity index (χ4n) is 3.18. The number of likely N-dealkylation sites (tertiary alicyclic amines) is 1. The van der Waals surface area contributed by atoms with Crippen molar-refractivity contribution in [2.24, 2.45) is 4.99 Å². The summed E-state index contributed by atoms with van der Waals surface area (Å²) in [5.74, 6) is 0.876. The van der Waals surface area contributed by atoms with Crippen LogP contribution in [0.3, 0.4) is 0 Å². The van der Waals surface area contributed by atoms with Gasteiger partial charge in [0.05, 0.1) is 18.8 Å². The van der Waals surface area contributed by atoms with Crippen LogP contribution in [0.15, 0.2) is 4.99 Å². The third kappa shape index (κ3) is 8.95. The molecule has 0 aromatic rings. The van der Waals surface area contributed by atoms with Gasteiger partial charge in [0.25, 0.3) is 0 Å². The molecule has 2 rings (SSSR count). The highest BCUT2D eigenvalue weighted by Crippen LogP contribution is 2.17. The molecular weight excluding hydrogens is 459 g/mol. The number of nitrogens with one attached hydrogen (secondary N) is 1. The Morgan fingerprint density at radius 3 is 2.63 bits per heavy atom. The zero-order valence-corrected chi connectivity index (χ0v) is 19.4. The van der Waals surface area contributed by atoms with Crippen LogP contribution >= 0.6 is 24.0 Å². The average Bonchev–Trinajstić information content (AvgIpc) is 3.16. The minimum atomic E-state index is 0. The number of hydrogen-bond donors (Lipinski definition) is 1. The molecule has 0 aliphatic carbocycles. The number of halogens is 1. The van der Waals surface area contributed by atoms with Gasteiger partial charge in [0.15, 0.2) is 5.96 Å². The number of carbonyl (C=O) groups is 1. The van der Waals surface area contributed by atoms with Crippen LogP contribution < -0.4 is 5.32 Å². The first-order valence-corrected chi connectivity index (χ1v) is 10.1. The fraction of sp³-hybridized carbons (Fsp3) is 0.895. The molecule has 2 saturated heterocycles. The van der Waals surface area contributed by atoms with Crippen LogP contribution in [0.4, 0.5) is 0 Å². The van der Waals surface area contributed by atoms with Gasteiger partial charge in [-0.25, -0.2) is 4.99 Å². The zero-order valence-electron chi connectivity index (χ0n) is 17.1. The summed E-state index contributed by atoms with van der Waals surface area (Å²) in [5, 5.41) is 3.42. The van der Waals surface area contributed by atoms with Gasteiger partial charge < -0.3 is 24.6 Å². The Hall–Kier alpha value is -0.610. The van der Waals surface area contributed by atoms with Crippen molar-refractivity contribution in [1.82, 2.24) is 15.1 Å². The van der Waals surface area contributed by atoms with E-state index in [4.69, 9.17) is 9.47 Å². The molecule has 2 aliphatic rings. The smallest absolute Gasteiger partial charge is 0.243 e. The minimum Gasteiger partial charge on any atom is -0.376 e. The maximum absolute atomic E-state index is 11.9. The molecular formula is C19H37IN4O3. The van der Waals surface area contributed by atoms with E-state index in [1.807, 2.05) is 0 Å². The summed E-state index contributed by atoms with van der Waals surface area (Å²) in [4.78, 5) is 20.3. The number of aliphatic imine (C=N–C) groups is 1. The number of guanidine groups is 1. The molecule has 2 heterocycles. The number of carbonyl (C=O) groups excluding carboxylic acids is 1. The van der Waals surface area contributed by atoms with Crippen LogP contribution in [0.1, 0.15) is 45.4 Å². The summed E-state index contributed by atoms with van der Waals surface area (Å²) >= 11 is 0. The molecule has 0 bridgehead atoms. The molecule has 0 aromatic carbocycles. The molecule has 0 spiro atoms. The van der Waals surface area contributed by atoms with E-state index in [0.717, 1.165) is 77.3 Å². The predicted molar refractivity (Wildman–Crippen MR) is 119 cm³/mol. The lowest BCUT2D eigenvalue weighted by Gasteiger charge is -2.34. The van der Waals surface area contributed by atoms with E-state index in [1.165, 1.54) is 0 Å². The van der Waals surface area contributed by atoms with Crippen LogP contribution in [0.25, 0.3) is 0 Å². The molecule has 1 N–H and O–H groups in total. The SMILES string of the molecule is CCCCNC(=NCC(=O)N(C)C)N1CCC(OCC2CCCO2)CC1.I. The second-order valence-corrected chi connectivity index (χ2v) is 7.36. The molecule has 2 fully saturated rings. The van der Waals surface area contributed by atoms with Gasteiger partial charge in [0.1, 0.15) is 6.54 Å². The molecule has 0 aromatic heterocycles. The Morgan fingerprint density at radius 1 is 1.30 bits per heavy atom.